The summed E-state index contributed by atoms with van der Waals surface area (Å²) in [7, 11) is 0. The van der Waals surface area contributed by atoms with Gasteiger partial charge >= 0.3 is 11.5 Å². The number of carbonyl (C=O) groups is 2. The number of rotatable bonds is 6. The van der Waals surface area contributed by atoms with Crippen LogP contribution in [-0.4, -0.2) is 38.5 Å². The molecule has 0 aliphatic heterocycles. The van der Waals surface area contributed by atoms with E-state index in [4.69, 9.17) is 32.7 Å². The number of hydrogen-bond donors (Lipinski definition) is 1. The first-order chi connectivity index (χ1) is 13.5. The lowest BCUT2D eigenvalue weighted by Crippen LogP contribution is -2.36. The lowest BCUT2D eigenvalue weighted by atomic mass is 10.1. The molecule has 0 spiro atoms. The number of ether oxygens (including phenoxy) is 2. The van der Waals surface area contributed by atoms with Gasteiger partial charge < -0.3 is 14.8 Å². The predicted molar refractivity (Wildman–Crippen MR) is 101 cm³/mol. The molecule has 1 amide bonds. The molecule has 0 saturated carbocycles. The highest BCUT2D eigenvalue weighted by Gasteiger charge is 2.24. The van der Waals surface area contributed by atoms with Crippen molar-refractivity contribution in [3.63, 3.8) is 0 Å². The van der Waals surface area contributed by atoms with Crippen LogP contribution in [0.2, 0.25) is 5.02 Å². The summed E-state index contributed by atoms with van der Waals surface area (Å²) in [5, 5.41) is 6.43. The fraction of sp³-hybridized carbons (Fsp3) is 0.412. The molecule has 8 nitrogen and oxygen atoms in total. The Morgan fingerprint density at radius 1 is 1.31 bits per heavy atom. The Morgan fingerprint density at radius 2 is 2.00 bits per heavy atom. The molecule has 0 bridgehead atoms. The maximum Gasteiger partial charge on any atom is 0.408 e. The van der Waals surface area contributed by atoms with Gasteiger partial charge in [0.1, 0.15) is 18.5 Å². The van der Waals surface area contributed by atoms with Gasteiger partial charge in [-0.05, 0) is 38.5 Å². The molecule has 0 aliphatic rings. The molecule has 1 heterocycles. The van der Waals surface area contributed by atoms with Gasteiger partial charge in [0, 0.05) is 11.6 Å². The van der Waals surface area contributed by atoms with Crippen LogP contribution < -0.4 is 5.32 Å². The summed E-state index contributed by atoms with van der Waals surface area (Å²) >= 11 is 11.4. The molecule has 2 aromatic rings. The zero-order chi connectivity index (χ0) is 21.8. The number of hydrogen-bond acceptors (Lipinski definition) is 6. The predicted octanol–water partition coefficient (Wildman–Crippen LogP) is 4.80. The Bertz CT molecular complexity index is 887. The average Bonchev–Trinajstić information content (AvgIpc) is 3.07. The second-order valence-corrected chi connectivity index (χ2v) is 7.50. The monoisotopic (exact) mass is 450 g/mol. The molecule has 1 N–H and O–H groups in total. The van der Waals surface area contributed by atoms with Crippen LogP contribution >= 0.6 is 23.2 Å². The highest BCUT2D eigenvalue weighted by Crippen LogP contribution is 2.28. The van der Waals surface area contributed by atoms with Crippen molar-refractivity contribution < 1.29 is 27.8 Å². The van der Waals surface area contributed by atoms with Gasteiger partial charge in [-0.15, -0.1) is 0 Å². The highest BCUT2D eigenvalue weighted by molar-refractivity contribution is 6.61. The summed E-state index contributed by atoms with van der Waals surface area (Å²) in [6, 6.07) is 3.46. The summed E-state index contributed by atoms with van der Waals surface area (Å²) in [6.07, 6.45) is -2.69. The van der Waals surface area contributed by atoms with Gasteiger partial charge in [0.2, 0.25) is 0 Å². The van der Waals surface area contributed by atoms with E-state index in [1.54, 1.807) is 20.8 Å². The molecule has 1 aromatic carbocycles. The van der Waals surface area contributed by atoms with E-state index >= 15 is 0 Å². The number of halogens is 4. The highest BCUT2D eigenvalue weighted by atomic mass is 35.5. The van der Waals surface area contributed by atoms with Gasteiger partial charge in [0.05, 0.1) is 16.8 Å². The third kappa shape index (κ3) is 6.53. The smallest absolute Gasteiger partial charge is 0.408 e. The van der Waals surface area contributed by atoms with E-state index in [-0.39, 0.29) is 17.3 Å². The first-order valence-corrected chi connectivity index (χ1v) is 9.03. The Hall–Kier alpha value is -2.46. The third-order valence-electron chi connectivity index (χ3n) is 3.42. The molecule has 0 unspecified atom stereocenters. The summed E-state index contributed by atoms with van der Waals surface area (Å²) < 4.78 is 37.2. The summed E-state index contributed by atoms with van der Waals surface area (Å²) in [4.78, 5) is 26.7. The molecule has 2 rings (SSSR count). The zero-order valence-electron chi connectivity index (χ0n) is 15.7. The van der Waals surface area contributed by atoms with Crippen molar-refractivity contribution in [2.45, 2.75) is 38.8 Å². The van der Waals surface area contributed by atoms with Crippen LogP contribution in [0.5, 0.6) is 0 Å². The van der Waals surface area contributed by atoms with Gasteiger partial charge in [-0.25, -0.2) is 28.0 Å². The summed E-state index contributed by atoms with van der Waals surface area (Å²) in [6.45, 7) is 4.70. The number of aromatic nitrogens is 3. The molecular formula is C17H18Cl2F2N4O4. The van der Waals surface area contributed by atoms with Crippen LogP contribution in [0.3, 0.4) is 0 Å². The maximum absolute atomic E-state index is 13.2. The fourth-order valence-electron chi connectivity index (χ4n) is 2.31. The first-order valence-electron chi connectivity index (χ1n) is 8.27. The standard InChI is InChI=1S/C17H18Cl2F2N4O4/c1-17(2,3)29-16(27)24-11(7-28-15(19)26)9-4-5-10(18)12(6-9)25-14(13(20)21)22-8-23-25/h4-6,8,11,13H,7H2,1-3H3,(H,24,27)/t11-/m1/s1. The minimum atomic E-state index is -2.88. The molecule has 0 fully saturated rings. The number of benzene rings is 1. The minimum absolute atomic E-state index is 0.102. The zero-order valence-corrected chi connectivity index (χ0v) is 17.2. The number of nitrogens with zero attached hydrogens (tertiary/aromatic N) is 3. The molecule has 158 valence electrons. The van der Waals surface area contributed by atoms with Gasteiger partial charge in [-0.1, -0.05) is 17.7 Å². The Balaban J connectivity index is 2.38. The van der Waals surface area contributed by atoms with Gasteiger partial charge in [0.25, 0.3) is 6.43 Å². The maximum atomic E-state index is 13.2. The summed E-state index contributed by atoms with van der Waals surface area (Å²) in [5.41, 5.74) is -1.36. The van der Waals surface area contributed by atoms with E-state index < -0.39 is 35.4 Å². The Kier molecular flexibility index (Phi) is 7.37. The van der Waals surface area contributed by atoms with E-state index in [1.165, 1.54) is 18.2 Å². The number of alkyl halides is 2. The quantitative estimate of drug-likeness (QED) is 0.634. The number of nitrogens with one attached hydrogen (secondary N) is 1. The van der Waals surface area contributed by atoms with Crippen LogP contribution in [0.25, 0.3) is 5.69 Å². The molecule has 12 heteroatoms. The molecule has 29 heavy (non-hydrogen) atoms. The van der Waals surface area contributed by atoms with Crippen LogP contribution in [0.4, 0.5) is 18.4 Å². The number of alkyl carbamates (subject to hydrolysis) is 1. The number of amides is 1. The van der Waals surface area contributed by atoms with E-state index in [0.29, 0.717) is 5.56 Å². The fourth-order valence-corrected chi connectivity index (χ4v) is 2.57. The van der Waals surface area contributed by atoms with Crippen molar-refractivity contribution in [1.82, 2.24) is 20.1 Å². The van der Waals surface area contributed by atoms with E-state index in [0.717, 1.165) is 11.0 Å². The van der Waals surface area contributed by atoms with E-state index in [9.17, 15) is 18.4 Å². The molecular weight excluding hydrogens is 433 g/mol. The second-order valence-electron chi connectivity index (χ2n) is 6.79. The third-order valence-corrected chi connectivity index (χ3v) is 3.85. The molecule has 1 aromatic heterocycles. The lowest BCUT2D eigenvalue weighted by Gasteiger charge is -2.24. The van der Waals surface area contributed by atoms with E-state index in [1.807, 2.05) is 0 Å². The molecule has 0 saturated heterocycles. The second kappa shape index (κ2) is 9.36. The summed E-state index contributed by atoms with van der Waals surface area (Å²) in [5.74, 6) is -0.604. The van der Waals surface area contributed by atoms with Gasteiger partial charge in [-0.3, -0.25) is 0 Å². The number of carbonyl (C=O) groups excluding carboxylic acids is 2. The molecule has 0 aliphatic carbocycles. The molecule has 0 radical (unpaired) electrons. The van der Waals surface area contributed by atoms with Crippen molar-refractivity contribution in [1.29, 1.82) is 0 Å². The molecule has 1 atom stereocenters. The van der Waals surface area contributed by atoms with Gasteiger partial charge in [-0.2, -0.15) is 5.10 Å². The lowest BCUT2D eigenvalue weighted by molar-refractivity contribution is 0.0477. The normalized spacial score (nSPS) is 12.6. The topological polar surface area (TPSA) is 95.3 Å². The van der Waals surface area contributed by atoms with Gasteiger partial charge in [0.15, 0.2) is 5.82 Å². The van der Waals surface area contributed by atoms with Crippen molar-refractivity contribution in [3.05, 3.63) is 40.9 Å². The SMILES string of the molecule is CC(C)(C)OC(=O)N[C@H](COC(=O)Cl)c1ccc(Cl)c(-n2ncnc2C(F)F)c1. The van der Waals surface area contributed by atoms with Crippen molar-refractivity contribution in [2.75, 3.05) is 6.61 Å². The van der Waals surface area contributed by atoms with Crippen LogP contribution in [-0.2, 0) is 9.47 Å². The van der Waals surface area contributed by atoms with Crippen LogP contribution in [0, 0.1) is 0 Å². The largest absolute Gasteiger partial charge is 0.451 e. The van der Waals surface area contributed by atoms with Crippen molar-refractivity contribution >= 4 is 34.7 Å². The van der Waals surface area contributed by atoms with E-state index in [2.05, 4.69) is 15.4 Å². The Morgan fingerprint density at radius 3 is 2.59 bits per heavy atom. The van der Waals surface area contributed by atoms with Crippen molar-refractivity contribution in [3.8, 4) is 5.69 Å². The first kappa shape index (κ1) is 22.8. The average molecular weight is 451 g/mol. The van der Waals surface area contributed by atoms with Crippen molar-refractivity contribution in [2.24, 2.45) is 0 Å². The van der Waals surface area contributed by atoms with Crippen LogP contribution in [0.15, 0.2) is 24.5 Å². The van der Waals surface area contributed by atoms with Crippen LogP contribution in [0.1, 0.15) is 44.6 Å². The minimum Gasteiger partial charge on any atom is -0.451 e. The Labute approximate surface area is 175 Å².